The van der Waals surface area contributed by atoms with Crippen LogP contribution < -0.4 is 16.8 Å². The van der Waals surface area contributed by atoms with Crippen LogP contribution in [-0.4, -0.2) is 34.9 Å². The summed E-state index contributed by atoms with van der Waals surface area (Å²) in [7, 11) is 0. The van der Waals surface area contributed by atoms with Gasteiger partial charge in [0, 0.05) is 19.6 Å². The van der Waals surface area contributed by atoms with Crippen molar-refractivity contribution in [3.63, 3.8) is 0 Å². The lowest BCUT2D eigenvalue weighted by atomic mass is 9.79. The normalized spacial score (nSPS) is 16.2. The van der Waals surface area contributed by atoms with Crippen LogP contribution in [0.2, 0.25) is 5.15 Å². The highest BCUT2D eigenvalue weighted by Crippen LogP contribution is 2.33. The molecule has 0 fully saturated rings. The van der Waals surface area contributed by atoms with E-state index in [0.717, 1.165) is 12.8 Å². The summed E-state index contributed by atoms with van der Waals surface area (Å²) in [6.07, 6.45) is 2.63. The third-order valence-electron chi connectivity index (χ3n) is 5.28. The zero-order valence-corrected chi connectivity index (χ0v) is 18.7. The molecule has 8 nitrogen and oxygen atoms in total. The van der Waals surface area contributed by atoms with Gasteiger partial charge in [0.15, 0.2) is 22.5 Å². The van der Waals surface area contributed by atoms with Crippen LogP contribution in [0, 0.1) is 11.3 Å². The third-order valence-corrected chi connectivity index (χ3v) is 5.55. The summed E-state index contributed by atoms with van der Waals surface area (Å²) < 4.78 is 5.84. The highest BCUT2D eigenvalue weighted by Gasteiger charge is 2.28. The number of nitrogens with one attached hydrogen (secondary N) is 1. The minimum Gasteiger partial charge on any atom is -0.382 e. The molecule has 0 unspecified atom stereocenters. The molecule has 1 aromatic heterocycles. The van der Waals surface area contributed by atoms with Crippen LogP contribution in [0.4, 0.5) is 11.6 Å². The molecule has 0 radical (unpaired) electrons. The van der Waals surface area contributed by atoms with E-state index in [9.17, 15) is 4.79 Å². The van der Waals surface area contributed by atoms with Gasteiger partial charge in [-0.2, -0.15) is 0 Å². The van der Waals surface area contributed by atoms with Gasteiger partial charge in [0.1, 0.15) is 5.84 Å². The second-order valence-electron chi connectivity index (χ2n) is 8.60. The quantitative estimate of drug-likeness (QED) is 0.534. The monoisotopic (exact) mass is 444 g/mol. The average molecular weight is 445 g/mol. The maximum Gasteiger partial charge on any atom is 0.279 e. The number of hydrogen-bond donors (Lipinski definition) is 3. The maximum absolute atomic E-state index is 12.5. The molecule has 1 aromatic carbocycles. The Kier molecular flexibility index (Phi) is 7.46. The minimum absolute atomic E-state index is 0.0102. The first kappa shape index (κ1) is 23.0. The molecule has 2 aromatic rings. The second-order valence-corrected chi connectivity index (χ2v) is 8.96. The Morgan fingerprint density at radius 1 is 1.23 bits per heavy atom. The summed E-state index contributed by atoms with van der Waals surface area (Å²) in [5.74, 6) is 0.424. The summed E-state index contributed by atoms with van der Waals surface area (Å²) >= 11 is 5.85. The van der Waals surface area contributed by atoms with Gasteiger partial charge in [0.25, 0.3) is 5.91 Å². The fraction of sp³-hybridized carbons (Fsp3) is 0.455. The van der Waals surface area contributed by atoms with Crippen LogP contribution in [0.3, 0.4) is 0 Å². The van der Waals surface area contributed by atoms with Crippen LogP contribution in [-0.2, 0) is 11.3 Å². The largest absolute Gasteiger partial charge is 0.382 e. The molecule has 9 heteroatoms. The van der Waals surface area contributed by atoms with Gasteiger partial charge in [0.05, 0.1) is 6.61 Å². The Balaban J connectivity index is 1.43. The van der Waals surface area contributed by atoms with Gasteiger partial charge in [0.2, 0.25) is 0 Å². The predicted molar refractivity (Wildman–Crippen MR) is 123 cm³/mol. The standard InChI is InChI=1S/C22H29ClN6O2/c1-22(2,8-9-31-13-14-6-4-3-5-7-14)11-15-10-16(26-12-15)27-21(30)17-19(24)29-20(25)18(23)28-17/h3-7,15H,8-13H2,1-2H3,(H4,24,25,29)(H,26,27,30)/t15-/m0/s1. The fourth-order valence-corrected chi connectivity index (χ4v) is 3.79. The summed E-state index contributed by atoms with van der Waals surface area (Å²) in [5.41, 5.74) is 12.5. The lowest BCUT2D eigenvalue weighted by molar-refractivity contribution is 0.0854. The van der Waals surface area contributed by atoms with E-state index in [1.54, 1.807) is 0 Å². The molecule has 3 rings (SSSR count). The minimum atomic E-state index is -0.486. The first-order valence-corrected chi connectivity index (χ1v) is 10.7. The van der Waals surface area contributed by atoms with Crippen molar-refractivity contribution in [1.82, 2.24) is 15.3 Å². The molecule has 166 valence electrons. The zero-order valence-electron chi connectivity index (χ0n) is 17.9. The van der Waals surface area contributed by atoms with E-state index < -0.39 is 5.91 Å². The van der Waals surface area contributed by atoms with Crippen LogP contribution >= 0.6 is 11.6 Å². The number of anilines is 2. The summed E-state index contributed by atoms with van der Waals surface area (Å²) in [6.45, 7) is 6.48. The third kappa shape index (κ3) is 6.63. The molecule has 1 amide bonds. The number of nitrogens with two attached hydrogens (primary N) is 2. The molecule has 0 saturated carbocycles. The highest BCUT2D eigenvalue weighted by atomic mass is 35.5. The molecule has 5 N–H and O–H groups in total. The first-order valence-electron chi connectivity index (χ1n) is 10.3. The number of nitrogens with zero attached hydrogens (tertiary/aromatic N) is 3. The number of benzene rings is 1. The number of carbonyl (C=O) groups is 1. The van der Waals surface area contributed by atoms with Crippen molar-refractivity contribution >= 4 is 35.0 Å². The van der Waals surface area contributed by atoms with E-state index >= 15 is 0 Å². The Morgan fingerprint density at radius 3 is 2.71 bits per heavy atom. The average Bonchev–Trinajstić information content (AvgIpc) is 3.14. The Labute approximate surface area is 187 Å². The van der Waals surface area contributed by atoms with Crippen LogP contribution in [0.1, 0.15) is 49.2 Å². The number of carbonyl (C=O) groups excluding carboxylic acids is 1. The Bertz CT molecular complexity index is 949. The number of halogens is 1. The van der Waals surface area contributed by atoms with Gasteiger partial charge in [-0.15, -0.1) is 0 Å². The lowest BCUT2D eigenvalue weighted by Crippen LogP contribution is -2.32. The van der Waals surface area contributed by atoms with E-state index in [1.165, 1.54) is 5.56 Å². The Hall–Kier alpha value is -2.71. The van der Waals surface area contributed by atoms with Crippen molar-refractivity contribution in [2.24, 2.45) is 16.3 Å². The SMILES string of the molecule is CC(C)(CCOCc1ccccc1)C[C@H]1CN=C(NC(=O)c2nc(Cl)c(N)nc2N)C1. The molecule has 0 saturated heterocycles. The van der Waals surface area contributed by atoms with E-state index in [1.807, 2.05) is 18.2 Å². The summed E-state index contributed by atoms with van der Waals surface area (Å²) in [5, 5.41) is 2.72. The molecule has 0 spiro atoms. The Morgan fingerprint density at radius 2 is 1.97 bits per heavy atom. The molecule has 31 heavy (non-hydrogen) atoms. The van der Waals surface area contributed by atoms with Gasteiger partial charge in [-0.05, 0) is 29.7 Å². The van der Waals surface area contributed by atoms with Crippen molar-refractivity contribution in [1.29, 1.82) is 0 Å². The fourth-order valence-electron chi connectivity index (χ4n) is 3.66. The van der Waals surface area contributed by atoms with Gasteiger partial charge in [-0.1, -0.05) is 55.8 Å². The maximum atomic E-state index is 12.5. The number of aliphatic imine (C=N–C) groups is 1. The summed E-state index contributed by atoms with van der Waals surface area (Å²) in [6, 6.07) is 10.2. The number of amides is 1. The topological polar surface area (TPSA) is 129 Å². The lowest BCUT2D eigenvalue weighted by Gasteiger charge is -2.27. The molecule has 1 aliphatic heterocycles. The predicted octanol–water partition coefficient (Wildman–Crippen LogP) is 3.47. The van der Waals surface area contributed by atoms with Gasteiger partial charge in [-0.25, -0.2) is 9.97 Å². The van der Waals surface area contributed by atoms with E-state index in [0.29, 0.717) is 37.9 Å². The number of amidine groups is 1. The van der Waals surface area contributed by atoms with E-state index in [-0.39, 0.29) is 27.9 Å². The number of nitrogen functional groups attached to an aromatic ring is 2. The number of aromatic nitrogens is 2. The van der Waals surface area contributed by atoms with Crippen molar-refractivity contribution < 1.29 is 9.53 Å². The van der Waals surface area contributed by atoms with Crippen molar-refractivity contribution in [2.75, 3.05) is 24.6 Å². The molecule has 1 atom stereocenters. The highest BCUT2D eigenvalue weighted by molar-refractivity contribution is 6.31. The van der Waals surface area contributed by atoms with Gasteiger partial charge < -0.3 is 21.5 Å². The van der Waals surface area contributed by atoms with E-state index in [2.05, 4.69) is 46.3 Å². The van der Waals surface area contributed by atoms with E-state index in [4.69, 9.17) is 27.8 Å². The molecular weight excluding hydrogens is 416 g/mol. The smallest absolute Gasteiger partial charge is 0.279 e. The zero-order chi connectivity index (χ0) is 22.4. The molecule has 0 aliphatic carbocycles. The first-order chi connectivity index (χ1) is 14.7. The van der Waals surface area contributed by atoms with Crippen molar-refractivity contribution in [3.8, 4) is 0 Å². The van der Waals surface area contributed by atoms with Gasteiger partial charge in [-0.3, -0.25) is 9.79 Å². The molecule has 2 heterocycles. The number of ether oxygens (including phenoxy) is 1. The number of rotatable bonds is 8. The second kappa shape index (κ2) is 10.1. The molecule has 1 aliphatic rings. The molecular formula is C22H29ClN6O2. The van der Waals surface area contributed by atoms with Gasteiger partial charge >= 0.3 is 0 Å². The van der Waals surface area contributed by atoms with Crippen LogP contribution in [0.5, 0.6) is 0 Å². The number of hydrogen-bond acceptors (Lipinski definition) is 7. The molecule has 0 bridgehead atoms. The van der Waals surface area contributed by atoms with Crippen LogP contribution in [0.15, 0.2) is 35.3 Å². The van der Waals surface area contributed by atoms with Crippen molar-refractivity contribution in [3.05, 3.63) is 46.7 Å². The van der Waals surface area contributed by atoms with Crippen molar-refractivity contribution in [2.45, 2.75) is 39.7 Å². The summed E-state index contributed by atoms with van der Waals surface area (Å²) in [4.78, 5) is 24.7. The van der Waals surface area contributed by atoms with Crippen LogP contribution in [0.25, 0.3) is 0 Å².